The summed E-state index contributed by atoms with van der Waals surface area (Å²) in [5.41, 5.74) is 8.16. The molecule has 3 heteroatoms. The lowest BCUT2D eigenvalue weighted by Gasteiger charge is -2.08. The number of benzene rings is 1. The molecule has 1 rings (SSSR count). The van der Waals surface area contributed by atoms with Crippen LogP contribution in [0.15, 0.2) is 41.6 Å². The van der Waals surface area contributed by atoms with Gasteiger partial charge in [0, 0.05) is 5.70 Å². The fourth-order valence-corrected chi connectivity index (χ4v) is 1.79. The van der Waals surface area contributed by atoms with E-state index in [4.69, 9.17) is 10.5 Å². The van der Waals surface area contributed by atoms with E-state index >= 15 is 0 Å². The van der Waals surface area contributed by atoms with Crippen LogP contribution in [0.25, 0.3) is 0 Å². The lowest BCUT2D eigenvalue weighted by molar-refractivity contribution is -0.138. The van der Waals surface area contributed by atoms with Crippen LogP contribution in [0.5, 0.6) is 0 Å². The van der Waals surface area contributed by atoms with Crippen molar-refractivity contribution in [2.75, 3.05) is 6.61 Å². The molecule has 2 N–H and O–H groups in total. The van der Waals surface area contributed by atoms with E-state index in [1.807, 2.05) is 18.2 Å². The van der Waals surface area contributed by atoms with Gasteiger partial charge >= 0.3 is 5.97 Å². The van der Waals surface area contributed by atoms with Crippen LogP contribution in [0.2, 0.25) is 0 Å². The second-order valence-corrected chi connectivity index (χ2v) is 4.22. The van der Waals surface area contributed by atoms with Gasteiger partial charge in [-0.25, -0.2) is 4.79 Å². The van der Waals surface area contributed by atoms with Crippen molar-refractivity contribution in [2.45, 2.75) is 33.1 Å². The third-order valence-corrected chi connectivity index (χ3v) is 2.73. The van der Waals surface area contributed by atoms with Crippen LogP contribution in [0.3, 0.4) is 0 Å². The Bertz CT molecular complexity index is 406. The van der Waals surface area contributed by atoms with Gasteiger partial charge in [-0.1, -0.05) is 30.3 Å². The number of esters is 1. The number of carbonyl (C=O) groups is 1. The fourth-order valence-electron chi connectivity index (χ4n) is 1.79. The van der Waals surface area contributed by atoms with Crippen molar-refractivity contribution in [1.82, 2.24) is 0 Å². The highest BCUT2D eigenvalue weighted by molar-refractivity contribution is 5.89. The maximum atomic E-state index is 11.7. The Kier molecular flexibility index (Phi) is 5.98. The largest absolute Gasteiger partial charge is 0.463 e. The molecular weight excluding hydrogens is 226 g/mol. The van der Waals surface area contributed by atoms with Crippen LogP contribution in [0, 0.1) is 0 Å². The summed E-state index contributed by atoms with van der Waals surface area (Å²) >= 11 is 0. The Morgan fingerprint density at radius 2 is 1.94 bits per heavy atom. The van der Waals surface area contributed by atoms with Crippen molar-refractivity contribution in [1.29, 1.82) is 0 Å². The third-order valence-electron chi connectivity index (χ3n) is 2.73. The Labute approximate surface area is 109 Å². The normalized spacial score (nSPS) is 11.9. The van der Waals surface area contributed by atoms with E-state index in [0.29, 0.717) is 24.3 Å². The van der Waals surface area contributed by atoms with E-state index in [0.717, 1.165) is 12.8 Å². The van der Waals surface area contributed by atoms with Gasteiger partial charge in [0.05, 0.1) is 12.2 Å². The second-order valence-electron chi connectivity index (χ2n) is 4.22. The second kappa shape index (κ2) is 7.54. The van der Waals surface area contributed by atoms with Gasteiger partial charge < -0.3 is 10.5 Å². The summed E-state index contributed by atoms with van der Waals surface area (Å²) in [4.78, 5) is 11.7. The van der Waals surface area contributed by atoms with Crippen molar-refractivity contribution in [2.24, 2.45) is 5.73 Å². The quantitative estimate of drug-likeness (QED) is 0.621. The zero-order chi connectivity index (χ0) is 13.4. The zero-order valence-electron chi connectivity index (χ0n) is 11.1. The number of allylic oxidation sites excluding steroid dienone is 1. The standard InChI is InChI=1S/C15H21NO2/c1-3-18-15(17)14(12(2)16)11-7-10-13-8-5-4-6-9-13/h4-6,8-9H,3,7,10-11,16H2,1-2H3. The van der Waals surface area contributed by atoms with Gasteiger partial charge in [0.2, 0.25) is 0 Å². The number of hydrogen-bond acceptors (Lipinski definition) is 3. The molecule has 1 aromatic rings. The smallest absolute Gasteiger partial charge is 0.335 e. The molecule has 0 heterocycles. The minimum atomic E-state index is -0.287. The minimum Gasteiger partial charge on any atom is -0.463 e. The molecule has 0 aromatic heterocycles. The summed E-state index contributed by atoms with van der Waals surface area (Å²) in [5.74, 6) is -0.287. The number of ether oxygens (including phenoxy) is 1. The molecule has 0 aliphatic heterocycles. The predicted octanol–water partition coefficient (Wildman–Crippen LogP) is 2.81. The van der Waals surface area contributed by atoms with Gasteiger partial charge in [-0.15, -0.1) is 0 Å². The Balaban J connectivity index is 2.50. The van der Waals surface area contributed by atoms with Crippen LogP contribution in [-0.2, 0) is 16.0 Å². The van der Waals surface area contributed by atoms with Gasteiger partial charge in [0.1, 0.15) is 0 Å². The summed E-state index contributed by atoms with van der Waals surface area (Å²) in [6, 6.07) is 10.2. The molecule has 0 radical (unpaired) electrons. The predicted molar refractivity (Wildman–Crippen MR) is 72.9 cm³/mol. The third kappa shape index (κ3) is 4.62. The molecule has 0 bridgehead atoms. The molecule has 0 fully saturated rings. The molecule has 18 heavy (non-hydrogen) atoms. The molecule has 0 unspecified atom stereocenters. The van der Waals surface area contributed by atoms with Crippen LogP contribution in [0.4, 0.5) is 0 Å². The van der Waals surface area contributed by atoms with Crippen LogP contribution in [0.1, 0.15) is 32.3 Å². The SMILES string of the molecule is CCOC(=O)C(CCCc1ccccc1)=C(C)N. The van der Waals surface area contributed by atoms with Crippen molar-refractivity contribution >= 4 is 5.97 Å². The Morgan fingerprint density at radius 1 is 1.28 bits per heavy atom. The van der Waals surface area contributed by atoms with Gasteiger partial charge in [-0.2, -0.15) is 0 Å². The van der Waals surface area contributed by atoms with E-state index in [1.165, 1.54) is 5.56 Å². The average Bonchev–Trinajstić information content (AvgIpc) is 2.35. The first-order chi connectivity index (χ1) is 8.65. The van der Waals surface area contributed by atoms with Crippen molar-refractivity contribution in [3.8, 4) is 0 Å². The first-order valence-corrected chi connectivity index (χ1v) is 6.31. The Hall–Kier alpha value is -1.77. The highest BCUT2D eigenvalue weighted by atomic mass is 16.5. The summed E-state index contributed by atoms with van der Waals surface area (Å²) < 4.78 is 4.99. The molecule has 0 amide bonds. The van der Waals surface area contributed by atoms with E-state index in [2.05, 4.69) is 12.1 Å². The molecule has 0 atom stereocenters. The first-order valence-electron chi connectivity index (χ1n) is 6.31. The van der Waals surface area contributed by atoms with E-state index in [-0.39, 0.29) is 5.97 Å². The highest BCUT2D eigenvalue weighted by Crippen LogP contribution is 2.13. The van der Waals surface area contributed by atoms with E-state index in [1.54, 1.807) is 13.8 Å². The Morgan fingerprint density at radius 3 is 2.50 bits per heavy atom. The monoisotopic (exact) mass is 247 g/mol. The lowest BCUT2D eigenvalue weighted by atomic mass is 10.0. The van der Waals surface area contributed by atoms with Crippen LogP contribution < -0.4 is 5.73 Å². The molecule has 3 nitrogen and oxygen atoms in total. The van der Waals surface area contributed by atoms with Crippen molar-refractivity contribution in [3.63, 3.8) is 0 Å². The van der Waals surface area contributed by atoms with E-state index in [9.17, 15) is 4.79 Å². The summed E-state index contributed by atoms with van der Waals surface area (Å²) in [7, 11) is 0. The summed E-state index contributed by atoms with van der Waals surface area (Å²) in [6.07, 6.45) is 2.50. The average molecular weight is 247 g/mol. The fraction of sp³-hybridized carbons (Fsp3) is 0.400. The molecule has 1 aromatic carbocycles. The molecular formula is C15H21NO2. The van der Waals surface area contributed by atoms with Gasteiger partial charge in [0.15, 0.2) is 0 Å². The van der Waals surface area contributed by atoms with Gasteiger partial charge in [-0.3, -0.25) is 0 Å². The van der Waals surface area contributed by atoms with Gasteiger partial charge in [-0.05, 0) is 38.7 Å². The highest BCUT2D eigenvalue weighted by Gasteiger charge is 2.12. The maximum absolute atomic E-state index is 11.7. The molecule has 0 spiro atoms. The van der Waals surface area contributed by atoms with Crippen LogP contribution in [-0.4, -0.2) is 12.6 Å². The van der Waals surface area contributed by atoms with Gasteiger partial charge in [0.25, 0.3) is 0 Å². The first kappa shape index (κ1) is 14.3. The zero-order valence-corrected chi connectivity index (χ0v) is 11.1. The van der Waals surface area contributed by atoms with E-state index < -0.39 is 0 Å². The number of carbonyl (C=O) groups excluding carboxylic acids is 1. The molecule has 98 valence electrons. The molecule has 0 saturated carbocycles. The number of hydrogen-bond donors (Lipinski definition) is 1. The maximum Gasteiger partial charge on any atom is 0.335 e. The summed E-state index contributed by atoms with van der Waals surface area (Å²) in [5, 5.41) is 0. The minimum absolute atomic E-state index is 0.287. The van der Waals surface area contributed by atoms with Crippen LogP contribution >= 0.6 is 0 Å². The lowest BCUT2D eigenvalue weighted by Crippen LogP contribution is -2.13. The molecule has 0 saturated heterocycles. The van der Waals surface area contributed by atoms with Crippen molar-refractivity contribution in [3.05, 3.63) is 47.2 Å². The number of aryl methyl sites for hydroxylation is 1. The number of nitrogens with two attached hydrogens (primary N) is 1. The molecule has 0 aliphatic carbocycles. The van der Waals surface area contributed by atoms with Crippen molar-refractivity contribution < 1.29 is 9.53 Å². The number of rotatable bonds is 6. The summed E-state index contributed by atoms with van der Waals surface area (Å²) in [6.45, 7) is 3.93. The molecule has 0 aliphatic rings. The topological polar surface area (TPSA) is 52.3 Å².